The second kappa shape index (κ2) is 6.78. The number of nitrogens with two attached hydrogens (primary N) is 1. The van der Waals surface area contributed by atoms with E-state index >= 15 is 0 Å². The highest BCUT2D eigenvalue weighted by atomic mass is 35.5. The number of halogens is 1. The van der Waals surface area contributed by atoms with Gasteiger partial charge in [-0.05, 0) is 19.1 Å². The molecule has 1 aromatic rings. The van der Waals surface area contributed by atoms with Crippen molar-refractivity contribution in [3.63, 3.8) is 0 Å². The number of hydrogen-bond donors (Lipinski definition) is 2. The van der Waals surface area contributed by atoms with Gasteiger partial charge in [0.25, 0.3) is 5.91 Å². The highest BCUT2D eigenvalue weighted by Crippen LogP contribution is 2.22. The smallest absolute Gasteiger partial charge is 0.254 e. The van der Waals surface area contributed by atoms with E-state index in [1.807, 2.05) is 0 Å². The fraction of sp³-hybridized carbons (Fsp3) is 0.429. The Kier molecular flexibility index (Phi) is 5.03. The normalized spacial score (nSPS) is 16.4. The number of amides is 2. The lowest BCUT2D eigenvalue weighted by molar-refractivity contribution is -0.136. The number of nitrogen functional groups attached to an aromatic ring is 1. The van der Waals surface area contributed by atoms with Crippen LogP contribution >= 0.6 is 11.6 Å². The van der Waals surface area contributed by atoms with Gasteiger partial charge < -0.3 is 20.7 Å². The van der Waals surface area contributed by atoms with Gasteiger partial charge in [-0.25, -0.2) is 0 Å². The van der Waals surface area contributed by atoms with Gasteiger partial charge in [0.15, 0.2) is 0 Å². The topological polar surface area (TPSA) is 84.7 Å². The summed E-state index contributed by atoms with van der Waals surface area (Å²) in [4.78, 5) is 26.1. The standard InChI is InChI=1S/C14H18ClN3O3/c1-9(14(20)18-5-7-21-8-6-18)17-13(19)10-3-2-4-11(15)12(10)16/h2-4,9H,5-8,16H2,1H3,(H,17,19). The largest absolute Gasteiger partial charge is 0.397 e. The maximum atomic E-state index is 12.2. The molecule has 0 spiro atoms. The van der Waals surface area contributed by atoms with Crippen molar-refractivity contribution in [1.29, 1.82) is 0 Å². The second-order valence-corrected chi connectivity index (χ2v) is 5.24. The molecule has 0 saturated carbocycles. The molecule has 0 aromatic heterocycles. The average Bonchev–Trinajstić information content (AvgIpc) is 2.50. The highest BCUT2D eigenvalue weighted by molar-refractivity contribution is 6.34. The van der Waals surface area contributed by atoms with E-state index in [2.05, 4.69) is 5.32 Å². The van der Waals surface area contributed by atoms with Crippen LogP contribution < -0.4 is 11.1 Å². The van der Waals surface area contributed by atoms with Crippen molar-refractivity contribution in [2.24, 2.45) is 0 Å². The summed E-state index contributed by atoms with van der Waals surface area (Å²) in [6, 6.07) is 4.19. The Morgan fingerprint density at radius 1 is 1.38 bits per heavy atom. The number of ether oxygens (including phenoxy) is 1. The third-order valence-corrected chi connectivity index (χ3v) is 3.67. The number of nitrogens with one attached hydrogen (secondary N) is 1. The van der Waals surface area contributed by atoms with Gasteiger partial charge >= 0.3 is 0 Å². The second-order valence-electron chi connectivity index (χ2n) is 4.83. The molecule has 0 radical (unpaired) electrons. The third kappa shape index (κ3) is 3.65. The Morgan fingerprint density at radius 2 is 2.05 bits per heavy atom. The molecule has 1 aromatic carbocycles. The van der Waals surface area contributed by atoms with Crippen LogP contribution in [0, 0.1) is 0 Å². The number of hydrogen-bond acceptors (Lipinski definition) is 4. The van der Waals surface area contributed by atoms with Crippen molar-refractivity contribution < 1.29 is 14.3 Å². The number of para-hydroxylation sites is 1. The van der Waals surface area contributed by atoms with Crippen LogP contribution in [0.15, 0.2) is 18.2 Å². The minimum absolute atomic E-state index is 0.132. The van der Waals surface area contributed by atoms with Gasteiger partial charge in [0.1, 0.15) is 6.04 Å². The molecule has 1 aliphatic rings. The summed E-state index contributed by atoms with van der Waals surface area (Å²) < 4.78 is 5.20. The number of nitrogens with zero attached hydrogens (tertiary/aromatic N) is 1. The predicted molar refractivity (Wildman–Crippen MR) is 80.2 cm³/mol. The van der Waals surface area contributed by atoms with E-state index in [0.29, 0.717) is 31.3 Å². The minimum Gasteiger partial charge on any atom is -0.397 e. The zero-order chi connectivity index (χ0) is 15.4. The molecule has 114 valence electrons. The number of carbonyl (C=O) groups is 2. The van der Waals surface area contributed by atoms with Gasteiger partial charge in [0.2, 0.25) is 5.91 Å². The van der Waals surface area contributed by atoms with Gasteiger partial charge in [-0.2, -0.15) is 0 Å². The maximum Gasteiger partial charge on any atom is 0.254 e. The van der Waals surface area contributed by atoms with E-state index in [0.717, 1.165) is 0 Å². The van der Waals surface area contributed by atoms with Gasteiger partial charge in [-0.1, -0.05) is 17.7 Å². The van der Waals surface area contributed by atoms with E-state index < -0.39 is 11.9 Å². The summed E-state index contributed by atoms with van der Waals surface area (Å²) in [7, 11) is 0. The first-order valence-corrected chi connectivity index (χ1v) is 7.10. The molecule has 1 saturated heterocycles. The van der Waals surface area contributed by atoms with Crippen LogP contribution in [-0.4, -0.2) is 49.1 Å². The van der Waals surface area contributed by atoms with Gasteiger partial charge in [-0.3, -0.25) is 9.59 Å². The van der Waals surface area contributed by atoms with Crippen molar-refractivity contribution in [3.05, 3.63) is 28.8 Å². The fourth-order valence-corrected chi connectivity index (χ4v) is 2.30. The molecule has 7 heteroatoms. The molecule has 1 unspecified atom stereocenters. The molecule has 0 bridgehead atoms. The summed E-state index contributed by atoms with van der Waals surface area (Å²) in [6.45, 7) is 3.77. The zero-order valence-electron chi connectivity index (χ0n) is 11.8. The Labute approximate surface area is 128 Å². The van der Waals surface area contributed by atoms with Crippen molar-refractivity contribution in [2.45, 2.75) is 13.0 Å². The van der Waals surface area contributed by atoms with Crippen LogP contribution in [0.25, 0.3) is 0 Å². The molecular weight excluding hydrogens is 294 g/mol. The van der Waals surface area contributed by atoms with Gasteiger partial charge in [-0.15, -0.1) is 0 Å². The molecule has 3 N–H and O–H groups in total. The summed E-state index contributed by atoms with van der Waals surface area (Å²) in [5.74, 6) is -0.545. The van der Waals surface area contributed by atoms with Crippen LogP contribution in [-0.2, 0) is 9.53 Å². The van der Waals surface area contributed by atoms with Crippen LogP contribution in [0.3, 0.4) is 0 Å². The van der Waals surface area contributed by atoms with Crippen molar-refractivity contribution >= 4 is 29.1 Å². The number of anilines is 1. The number of benzene rings is 1. The number of rotatable bonds is 3. The molecule has 6 nitrogen and oxygen atoms in total. The first kappa shape index (κ1) is 15.6. The molecule has 2 rings (SSSR count). The molecule has 21 heavy (non-hydrogen) atoms. The van der Waals surface area contributed by atoms with Crippen molar-refractivity contribution in [2.75, 3.05) is 32.0 Å². The first-order chi connectivity index (χ1) is 10.0. The van der Waals surface area contributed by atoms with Crippen LogP contribution in [0.5, 0.6) is 0 Å². The lowest BCUT2D eigenvalue weighted by atomic mass is 10.1. The monoisotopic (exact) mass is 311 g/mol. The van der Waals surface area contributed by atoms with Crippen molar-refractivity contribution in [1.82, 2.24) is 10.2 Å². The van der Waals surface area contributed by atoms with E-state index in [9.17, 15) is 9.59 Å². The van der Waals surface area contributed by atoms with Crippen molar-refractivity contribution in [3.8, 4) is 0 Å². The number of morpholine rings is 1. The lowest BCUT2D eigenvalue weighted by Crippen LogP contribution is -2.50. The van der Waals surface area contributed by atoms with Crippen LogP contribution in [0.4, 0.5) is 5.69 Å². The Morgan fingerprint density at radius 3 is 2.71 bits per heavy atom. The van der Waals surface area contributed by atoms with E-state index in [1.54, 1.807) is 30.0 Å². The molecule has 2 amide bonds. The summed E-state index contributed by atoms with van der Waals surface area (Å²) in [5, 5.41) is 2.97. The average molecular weight is 312 g/mol. The van der Waals surface area contributed by atoms with Gasteiger partial charge in [0, 0.05) is 13.1 Å². The van der Waals surface area contributed by atoms with Crippen LogP contribution in [0.2, 0.25) is 5.02 Å². The van der Waals surface area contributed by atoms with E-state index in [4.69, 9.17) is 22.1 Å². The molecule has 1 atom stereocenters. The third-order valence-electron chi connectivity index (χ3n) is 3.34. The maximum absolute atomic E-state index is 12.2. The van der Waals surface area contributed by atoms with Crippen LogP contribution in [0.1, 0.15) is 17.3 Å². The molecule has 1 fully saturated rings. The first-order valence-electron chi connectivity index (χ1n) is 6.72. The number of carbonyl (C=O) groups excluding carboxylic acids is 2. The molecule has 1 aliphatic heterocycles. The van der Waals surface area contributed by atoms with E-state index in [-0.39, 0.29) is 17.2 Å². The molecular formula is C14H18ClN3O3. The fourth-order valence-electron chi connectivity index (χ4n) is 2.13. The zero-order valence-corrected chi connectivity index (χ0v) is 12.5. The Hall–Kier alpha value is -1.79. The molecule has 1 heterocycles. The molecule has 0 aliphatic carbocycles. The summed E-state index contributed by atoms with van der Waals surface area (Å²) >= 11 is 5.88. The van der Waals surface area contributed by atoms with E-state index in [1.165, 1.54) is 0 Å². The minimum atomic E-state index is -0.631. The summed E-state index contributed by atoms with van der Waals surface area (Å²) in [6.07, 6.45) is 0. The van der Waals surface area contributed by atoms with Gasteiger partial charge in [0.05, 0.1) is 29.5 Å². The lowest BCUT2D eigenvalue weighted by Gasteiger charge is -2.29. The predicted octanol–water partition coefficient (Wildman–Crippen LogP) is 0.899. The summed E-state index contributed by atoms with van der Waals surface area (Å²) in [5.41, 5.74) is 6.25. The highest BCUT2D eigenvalue weighted by Gasteiger charge is 2.24. The Balaban J connectivity index is 2.01. The Bertz CT molecular complexity index is 544. The quantitative estimate of drug-likeness (QED) is 0.812. The SMILES string of the molecule is CC(NC(=O)c1cccc(Cl)c1N)C(=O)N1CCOCC1.